The van der Waals surface area contributed by atoms with Gasteiger partial charge in [-0.15, -0.1) is 0 Å². The summed E-state index contributed by atoms with van der Waals surface area (Å²) in [4.78, 5) is 0. The van der Waals surface area contributed by atoms with Crippen LogP contribution in [0, 0.1) is 11.8 Å². The summed E-state index contributed by atoms with van der Waals surface area (Å²) >= 11 is 0. The van der Waals surface area contributed by atoms with Crippen LogP contribution in [0.1, 0.15) is 40.0 Å². The van der Waals surface area contributed by atoms with E-state index < -0.39 is 0 Å². The van der Waals surface area contributed by atoms with E-state index >= 15 is 0 Å². The van der Waals surface area contributed by atoms with E-state index in [1.54, 1.807) is 0 Å². The van der Waals surface area contributed by atoms with E-state index in [2.05, 4.69) is 20.8 Å². The van der Waals surface area contributed by atoms with Crippen molar-refractivity contribution in [2.24, 2.45) is 17.6 Å². The van der Waals surface area contributed by atoms with E-state index in [0.717, 1.165) is 18.3 Å². The van der Waals surface area contributed by atoms with E-state index in [1.165, 1.54) is 12.8 Å². The van der Waals surface area contributed by atoms with Crippen molar-refractivity contribution in [1.82, 2.24) is 0 Å². The normalized spacial score (nSPS) is 55.4. The van der Waals surface area contributed by atoms with Crippen LogP contribution in [-0.2, 0) is 4.74 Å². The van der Waals surface area contributed by atoms with Gasteiger partial charge in [-0.3, -0.25) is 0 Å². The highest BCUT2D eigenvalue weighted by atomic mass is 16.5. The van der Waals surface area contributed by atoms with Crippen LogP contribution >= 0.6 is 0 Å². The molecule has 0 aromatic rings. The van der Waals surface area contributed by atoms with Crippen LogP contribution in [0.2, 0.25) is 0 Å². The SMILES string of the molecule is CC1CC2(CCC(C)(CN)O2)C1C. The van der Waals surface area contributed by atoms with Gasteiger partial charge in [-0.2, -0.15) is 0 Å². The third kappa shape index (κ3) is 1.23. The standard InChI is InChI=1S/C11H21NO/c1-8-6-11(9(8)2)5-4-10(3,7-12)13-11/h8-9H,4-7,12H2,1-3H3. The van der Waals surface area contributed by atoms with Gasteiger partial charge in [0.15, 0.2) is 0 Å². The molecular formula is C11H21NO. The van der Waals surface area contributed by atoms with Gasteiger partial charge < -0.3 is 10.5 Å². The smallest absolute Gasteiger partial charge is 0.0784 e. The molecule has 2 nitrogen and oxygen atoms in total. The Balaban J connectivity index is 2.06. The lowest BCUT2D eigenvalue weighted by atomic mass is 9.62. The molecule has 4 unspecified atom stereocenters. The van der Waals surface area contributed by atoms with E-state index in [0.29, 0.717) is 6.54 Å². The molecule has 2 rings (SSSR count). The van der Waals surface area contributed by atoms with Crippen LogP contribution in [0.4, 0.5) is 0 Å². The molecule has 4 atom stereocenters. The predicted octanol–water partition coefficient (Wildman–Crippen LogP) is 1.93. The molecule has 1 heterocycles. The predicted molar refractivity (Wildman–Crippen MR) is 53.5 cm³/mol. The van der Waals surface area contributed by atoms with Crippen LogP contribution in [-0.4, -0.2) is 17.7 Å². The summed E-state index contributed by atoms with van der Waals surface area (Å²) in [7, 11) is 0. The van der Waals surface area contributed by atoms with Gasteiger partial charge in [0, 0.05) is 6.54 Å². The Morgan fingerprint density at radius 3 is 2.46 bits per heavy atom. The van der Waals surface area contributed by atoms with Gasteiger partial charge in [0.25, 0.3) is 0 Å². The topological polar surface area (TPSA) is 35.2 Å². The Morgan fingerprint density at radius 2 is 2.08 bits per heavy atom. The fourth-order valence-electron chi connectivity index (χ4n) is 2.94. The molecule has 0 aromatic heterocycles. The first-order valence-electron chi connectivity index (χ1n) is 5.42. The van der Waals surface area contributed by atoms with E-state index in [-0.39, 0.29) is 11.2 Å². The van der Waals surface area contributed by atoms with Gasteiger partial charge in [-0.25, -0.2) is 0 Å². The lowest BCUT2D eigenvalue weighted by Gasteiger charge is -2.51. The Hall–Kier alpha value is -0.0800. The van der Waals surface area contributed by atoms with Crippen LogP contribution in [0.3, 0.4) is 0 Å². The molecule has 1 aliphatic carbocycles. The molecule has 13 heavy (non-hydrogen) atoms. The monoisotopic (exact) mass is 183 g/mol. The lowest BCUT2D eigenvalue weighted by Crippen LogP contribution is -2.53. The third-order valence-corrected chi connectivity index (χ3v) is 4.31. The molecule has 2 aliphatic rings. The maximum Gasteiger partial charge on any atom is 0.0784 e. The Labute approximate surface area is 80.8 Å². The number of nitrogens with two attached hydrogens (primary N) is 1. The van der Waals surface area contributed by atoms with Gasteiger partial charge in [-0.1, -0.05) is 13.8 Å². The van der Waals surface area contributed by atoms with Gasteiger partial charge >= 0.3 is 0 Å². The molecule has 1 saturated carbocycles. The highest BCUT2D eigenvalue weighted by molar-refractivity contribution is 5.06. The van der Waals surface area contributed by atoms with E-state index in [1.807, 2.05) is 0 Å². The first kappa shape index (κ1) is 9.47. The number of hydrogen-bond acceptors (Lipinski definition) is 2. The van der Waals surface area contributed by atoms with Crippen LogP contribution in [0.5, 0.6) is 0 Å². The number of rotatable bonds is 1. The second kappa shape index (κ2) is 2.71. The minimum absolute atomic E-state index is 0.0333. The zero-order valence-electron chi connectivity index (χ0n) is 8.97. The molecule has 2 fully saturated rings. The fraction of sp³-hybridized carbons (Fsp3) is 1.00. The fourth-order valence-corrected chi connectivity index (χ4v) is 2.94. The quantitative estimate of drug-likeness (QED) is 0.674. The molecule has 0 amide bonds. The summed E-state index contributed by atoms with van der Waals surface area (Å²) in [5, 5.41) is 0. The van der Waals surface area contributed by atoms with Crippen molar-refractivity contribution in [3.63, 3.8) is 0 Å². The molecule has 2 heteroatoms. The summed E-state index contributed by atoms with van der Waals surface area (Å²) in [6, 6.07) is 0. The van der Waals surface area contributed by atoms with Gasteiger partial charge in [0.1, 0.15) is 0 Å². The molecular weight excluding hydrogens is 162 g/mol. The minimum atomic E-state index is -0.0333. The zero-order chi connectivity index (χ0) is 9.69. The average Bonchev–Trinajstić information content (AvgIpc) is 2.47. The largest absolute Gasteiger partial charge is 0.367 e. The van der Waals surface area contributed by atoms with Crippen molar-refractivity contribution < 1.29 is 4.74 Å². The van der Waals surface area contributed by atoms with Crippen LogP contribution < -0.4 is 5.73 Å². The van der Waals surface area contributed by atoms with Crippen molar-refractivity contribution in [2.45, 2.75) is 51.2 Å². The molecule has 76 valence electrons. The number of hydrogen-bond donors (Lipinski definition) is 1. The van der Waals surface area contributed by atoms with Crippen molar-refractivity contribution >= 4 is 0 Å². The average molecular weight is 183 g/mol. The maximum atomic E-state index is 6.18. The second-order valence-corrected chi connectivity index (χ2v) is 5.29. The van der Waals surface area contributed by atoms with Crippen molar-refractivity contribution in [3.05, 3.63) is 0 Å². The minimum Gasteiger partial charge on any atom is -0.367 e. The highest BCUT2D eigenvalue weighted by Gasteiger charge is 2.56. The van der Waals surface area contributed by atoms with Gasteiger partial charge in [0.05, 0.1) is 11.2 Å². The molecule has 1 spiro atoms. The van der Waals surface area contributed by atoms with Gasteiger partial charge in [0.2, 0.25) is 0 Å². The Bertz CT molecular complexity index is 218. The highest BCUT2D eigenvalue weighted by Crippen LogP contribution is 2.55. The molecule has 0 bridgehead atoms. The maximum absolute atomic E-state index is 6.18. The van der Waals surface area contributed by atoms with Crippen LogP contribution in [0.25, 0.3) is 0 Å². The molecule has 2 N–H and O–H groups in total. The van der Waals surface area contributed by atoms with Crippen LogP contribution in [0.15, 0.2) is 0 Å². The zero-order valence-corrected chi connectivity index (χ0v) is 8.97. The second-order valence-electron chi connectivity index (χ2n) is 5.29. The van der Waals surface area contributed by atoms with E-state index in [9.17, 15) is 0 Å². The molecule has 1 saturated heterocycles. The Morgan fingerprint density at radius 1 is 1.38 bits per heavy atom. The molecule has 0 radical (unpaired) electrons. The molecule has 1 aliphatic heterocycles. The summed E-state index contributed by atoms with van der Waals surface area (Å²) in [6.07, 6.45) is 3.59. The van der Waals surface area contributed by atoms with Gasteiger partial charge in [-0.05, 0) is 38.0 Å². The van der Waals surface area contributed by atoms with Crippen molar-refractivity contribution in [1.29, 1.82) is 0 Å². The lowest BCUT2D eigenvalue weighted by molar-refractivity contribution is -0.186. The third-order valence-electron chi connectivity index (χ3n) is 4.31. The Kier molecular flexibility index (Phi) is 1.97. The summed E-state index contributed by atoms with van der Waals surface area (Å²) in [6.45, 7) is 7.45. The molecule has 0 aromatic carbocycles. The van der Waals surface area contributed by atoms with Crippen molar-refractivity contribution in [3.8, 4) is 0 Å². The van der Waals surface area contributed by atoms with Crippen molar-refractivity contribution in [2.75, 3.05) is 6.54 Å². The number of ether oxygens (including phenoxy) is 1. The summed E-state index contributed by atoms with van der Waals surface area (Å²) < 4.78 is 6.18. The van der Waals surface area contributed by atoms with E-state index in [4.69, 9.17) is 10.5 Å². The first-order chi connectivity index (χ1) is 6.01. The summed E-state index contributed by atoms with van der Waals surface area (Å²) in [5.74, 6) is 1.56. The summed E-state index contributed by atoms with van der Waals surface area (Å²) in [5.41, 5.74) is 5.89. The first-order valence-corrected chi connectivity index (χ1v) is 5.42.